The number of aryl methyl sites for hydroxylation is 2. The number of benzene rings is 1. The quantitative estimate of drug-likeness (QED) is 0.773. The molecule has 0 radical (unpaired) electrons. The molecule has 1 aromatic rings. The molecular weight excluding hydrogens is 254 g/mol. The molecule has 1 nitrogen and oxygen atoms in total. The summed E-state index contributed by atoms with van der Waals surface area (Å²) in [5.41, 5.74) is 4.55. The van der Waals surface area contributed by atoms with Crippen LogP contribution in [-0.2, 0) is 6.42 Å². The van der Waals surface area contributed by atoms with Gasteiger partial charge < -0.3 is 5.32 Å². The van der Waals surface area contributed by atoms with Gasteiger partial charge in [-0.05, 0) is 74.6 Å². The molecule has 1 N–H and O–H groups in total. The van der Waals surface area contributed by atoms with Gasteiger partial charge in [0.15, 0.2) is 0 Å². The van der Waals surface area contributed by atoms with E-state index in [1.165, 1.54) is 49.7 Å². The zero-order valence-electron chi connectivity index (χ0n) is 14.4. The highest BCUT2D eigenvalue weighted by atomic mass is 14.9. The Hall–Kier alpha value is -0.820. The summed E-state index contributed by atoms with van der Waals surface area (Å²) in [7, 11) is 0. The molecule has 1 aliphatic carbocycles. The third kappa shape index (κ3) is 4.32. The van der Waals surface area contributed by atoms with Crippen LogP contribution in [0.4, 0.5) is 0 Å². The molecule has 0 spiro atoms. The summed E-state index contributed by atoms with van der Waals surface area (Å²) >= 11 is 0. The fourth-order valence-electron chi connectivity index (χ4n) is 4.22. The van der Waals surface area contributed by atoms with Gasteiger partial charge in [-0.25, -0.2) is 0 Å². The molecule has 0 bridgehead atoms. The molecule has 3 unspecified atom stereocenters. The second kappa shape index (κ2) is 7.98. The van der Waals surface area contributed by atoms with Gasteiger partial charge in [-0.1, -0.05) is 44.9 Å². The number of rotatable bonds is 6. The van der Waals surface area contributed by atoms with Crippen LogP contribution in [0.5, 0.6) is 0 Å². The van der Waals surface area contributed by atoms with Gasteiger partial charge in [-0.2, -0.15) is 0 Å². The van der Waals surface area contributed by atoms with Crippen molar-refractivity contribution in [3.05, 3.63) is 34.9 Å². The molecule has 1 aromatic carbocycles. The molecule has 0 heterocycles. The first-order chi connectivity index (χ1) is 10.2. The summed E-state index contributed by atoms with van der Waals surface area (Å²) in [5.74, 6) is 1.77. The van der Waals surface area contributed by atoms with Gasteiger partial charge in [-0.3, -0.25) is 0 Å². The highest BCUT2D eigenvalue weighted by Gasteiger charge is 2.30. The van der Waals surface area contributed by atoms with E-state index < -0.39 is 0 Å². The molecule has 1 heteroatoms. The Morgan fingerprint density at radius 1 is 1.10 bits per heavy atom. The second-order valence-electron chi connectivity index (χ2n) is 6.97. The molecule has 0 aromatic heterocycles. The van der Waals surface area contributed by atoms with E-state index in [0.29, 0.717) is 0 Å². The van der Waals surface area contributed by atoms with Crippen LogP contribution in [0.25, 0.3) is 0 Å². The molecule has 1 saturated carbocycles. The molecule has 21 heavy (non-hydrogen) atoms. The highest BCUT2D eigenvalue weighted by molar-refractivity contribution is 5.34. The predicted molar refractivity (Wildman–Crippen MR) is 92.8 cm³/mol. The van der Waals surface area contributed by atoms with Gasteiger partial charge in [0.2, 0.25) is 0 Å². The van der Waals surface area contributed by atoms with Gasteiger partial charge in [0, 0.05) is 6.04 Å². The monoisotopic (exact) mass is 287 g/mol. The zero-order valence-corrected chi connectivity index (χ0v) is 14.4. The Kier molecular flexibility index (Phi) is 6.29. The summed E-state index contributed by atoms with van der Waals surface area (Å²) in [6.07, 6.45) is 8.23. The van der Waals surface area contributed by atoms with Crippen LogP contribution in [0.2, 0.25) is 0 Å². The van der Waals surface area contributed by atoms with E-state index in [2.05, 4.69) is 51.2 Å². The van der Waals surface area contributed by atoms with Crippen molar-refractivity contribution < 1.29 is 0 Å². The molecule has 1 aliphatic rings. The van der Waals surface area contributed by atoms with Crippen LogP contribution < -0.4 is 5.32 Å². The molecule has 2 rings (SSSR count). The first kappa shape index (κ1) is 16.5. The van der Waals surface area contributed by atoms with E-state index in [1.807, 2.05) is 0 Å². The van der Waals surface area contributed by atoms with Crippen LogP contribution in [-0.4, -0.2) is 12.6 Å². The van der Waals surface area contributed by atoms with Crippen LogP contribution in [0.15, 0.2) is 18.2 Å². The fraction of sp³-hybridized carbons (Fsp3) is 0.700. The normalized spacial score (nSPS) is 26.0. The topological polar surface area (TPSA) is 12.0 Å². The van der Waals surface area contributed by atoms with E-state index in [0.717, 1.165) is 24.4 Å². The Morgan fingerprint density at radius 2 is 1.81 bits per heavy atom. The summed E-state index contributed by atoms with van der Waals surface area (Å²) in [4.78, 5) is 0. The molecule has 0 amide bonds. The summed E-state index contributed by atoms with van der Waals surface area (Å²) < 4.78 is 0. The lowest BCUT2D eigenvalue weighted by Crippen LogP contribution is -2.41. The van der Waals surface area contributed by atoms with Crippen molar-refractivity contribution >= 4 is 0 Å². The van der Waals surface area contributed by atoms with Crippen molar-refractivity contribution in [2.24, 2.45) is 11.8 Å². The summed E-state index contributed by atoms with van der Waals surface area (Å²) in [6.45, 7) is 10.2. The maximum absolute atomic E-state index is 3.76. The van der Waals surface area contributed by atoms with Crippen molar-refractivity contribution in [1.82, 2.24) is 5.32 Å². The smallest absolute Gasteiger partial charge is 0.00985 e. The van der Waals surface area contributed by atoms with E-state index in [9.17, 15) is 0 Å². The maximum atomic E-state index is 3.76. The van der Waals surface area contributed by atoms with Gasteiger partial charge in [-0.15, -0.1) is 0 Å². The summed E-state index contributed by atoms with van der Waals surface area (Å²) in [6, 6.07) is 7.46. The third-order valence-electron chi connectivity index (χ3n) is 5.37. The Morgan fingerprint density at radius 3 is 2.43 bits per heavy atom. The maximum Gasteiger partial charge on any atom is 0.00985 e. The Balaban J connectivity index is 2.12. The summed E-state index contributed by atoms with van der Waals surface area (Å²) in [5, 5.41) is 3.76. The van der Waals surface area contributed by atoms with Crippen LogP contribution in [0.1, 0.15) is 62.6 Å². The van der Waals surface area contributed by atoms with E-state index in [-0.39, 0.29) is 0 Å². The number of nitrogens with one attached hydrogen (secondary N) is 1. The predicted octanol–water partition coefficient (Wildman–Crippen LogP) is 5.04. The van der Waals surface area contributed by atoms with Crippen LogP contribution in [0, 0.1) is 25.7 Å². The van der Waals surface area contributed by atoms with Crippen molar-refractivity contribution in [2.45, 2.75) is 72.3 Å². The highest BCUT2D eigenvalue weighted by Crippen LogP contribution is 2.35. The van der Waals surface area contributed by atoms with Crippen molar-refractivity contribution in [1.29, 1.82) is 0 Å². The molecule has 0 aliphatic heterocycles. The molecule has 1 fully saturated rings. The average Bonchev–Trinajstić information content (AvgIpc) is 2.46. The second-order valence-corrected chi connectivity index (χ2v) is 6.97. The van der Waals surface area contributed by atoms with E-state index in [4.69, 9.17) is 0 Å². The van der Waals surface area contributed by atoms with Gasteiger partial charge >= 0.3 is 0 Å². The molecule has 0 saturated heterocycles. The number of hydrogen-bond donors (Lipinski definition) is 1. The minimum Gasteiger partial charge on any atom is -0.314 e. The SMILES string of the molecule is CCCC1CCC(NCC)C(Cc2c(C)cccc2C)C1. The number of hydrogen-bond acceptors (Lipinski definition) is 1. The zero-order chi connectivity index (χ0) is 15.2. The van der Waals surface area contributed by atoms with Gasteiger partial charge in [0.25, 0.3) is 0 Å². The van der Waals surface area contributed by atoms with Crippen LogP contribution in [0.3, 0.4) is 0 Å². The largest absolute Gasteiger partial charge is 0.314 e. The molecule has 3 atom stereocenters. The first-order valence-corrected chi connectivity index (χ1v) is 8.94. The van der Waals surface area contributed by atoms with Crippen molar-refractivity contribution in [2.75, 3.05) is 6.54 Å². The van der Waals surface area contributed by atoms with Crippen molar-refractivity contribution in [3.63, 3.8) is 0 Å². The van der Waals surface area contributed by atoms with E-state index in [1.54, 1.807) is 5.56 Å². The Labute approximate surface area is 131 Å². The first-order valence-electron chi connectivity index (χ1n) is 8.94. The molecule has 118 valence electrons. The molecular formula is C20H33N. The minimum atomic E-state index is 0.724. The third-order valence-corrected chi connectivity index (χ3v) is 5.37. The van der Waals surface area contributed by atoms with Gasteiger partial charge in [0.1, 0.15) is 0 Å². The van der Waals surface area contributed by atoms with Crippen molar-refractivity contribution in [3.8, 4) is 0 Å². The lowest BCUT2D eigenvalue weighted by molar-refractivity contribution is 0.195. The van der Waals surface area contributed by atoms with E-state index >= 15 is 0 Å². The van der Waals surface area contributed by atoms with Gasteiger partial charge in [0.05, 0.1) is 0 Å². The van der Waals surface area contributed by atoms with Crippen LogP contribution >= 0.6 is 0 Å². The average molecular weight is 287 g/mol. The fourth-order valence-corrected chi connectivity index (χ4v) is 4.22. The minimum absolute atomic E-state index is 0.724. The lowest BCUT2D eigenvalue weighted by atomic mass is 9.73. The Bertz CT molecular complexity index is 417. The standard InChI is InChI=1S/C20H33N/c1-5-8-17-11-12-20(21-6-2)18(13-17)14-19-15(3)9-7-10-16(19)4/h7,9-10,17-18,20-21H,5-6,8,11-14H2,1-4H3. The lowest BCUT2D eigenvalue weighted by Gasteiger charge is -2.37.